The second-order valence-electron chi connectivity index (χ2n) is 5.60. The molecule has 0 spiro atoms. The lowest BCUT2D eigenvalue weighted by Crippen LogP contribution is -2.33. The van der Waals surface area contributed by atoms with Gasteiger partial charge in [-0.3, -0.25) is 0 Å². The molecule has 1 nitrogen and oxygen atoms in total. The van der Waals surface area contributed by atoms with Gasteiger partial charge in [-0.25, -0.2) is 4.39 Å². The van der Waals surface area contributed by atoms with Crippen molar-refractivity contribution in [2.45, 2.75) is 45.6 Å². The Morgan fingerprint density at radius 3 is 2.41 bits per heavy atom. The van der Waals surface area contributed by atoms with Crippen molar-refractivity contribution >= 4 is 0 Å². The first kappa shape index (κ1) is 12.6. The van der Waals surface area contributed by atoms with Crippen LogP contribution in [0.4, 0.5) is 4.39 Å². The molecule has 1 fully saturated rings. The third-order valence-corrected chi connectivity index (χ3v) is 3.85. The van der Waals surface area contributed by atoms with Crippen molar-refractivity contribution in [1.29, 1.82) is 0 Å². The van der Waals surface area contributed by atoms with Crippen molar-refractivity contribution in [2.24, 2.45) is 5.41 Å². The molecular weight excluding hydrogens is 213 g/mol. The number of rotatable bonds is 4. The summed E-state index contributed by atoms with van der Waals surface area (Å²) < 4.78 is 12.7. The van der Waals surface area contributed by atoms with Crippen LogP contribution in [-0.4, -0.2) is 6.54 Å². The average Bonchev–Trinajstić information content (AvgIpc) is 2.32. The predicted octanol–water partition coefficient (Wildman–Crippen LogP) is 3.89. The van der Waals surface area contributed by atoms with E-state index in [1.54, 1.807) is 0 Å². The lowest BCUT2D eigenvalue weighted by atomic mass is 9.76. The van der Waals surface area contributed by atoms with Crippen LogP contribution in [0.2, 0.25) is 0 Å². The van der Waals surface area contributed by atoms with E-state index >= 15 is 0 Å². The highest BCUT2D eigenvalue weighted by atomic mass is 19.1. The molecule has 0 aromatic heterocycles. The van der Waals surface area contributed by atoms with E-state index in [2.05, 4.69) is 12.2 Å². The van der Waals surface area contributed by atoms with Crippen molar-refractivity contribution in [3.05, 3.63) is 35.6 Å². The van der Waals surface area contributed by atoms with Gasteiger partial charge in [-0.15, -0.1) is 0 Å². The van der Waals surface area contributed by atoms with Gasteiger partial charge < -0.3 is 5.32 Å². The highest BCUT2D eigenvalue weighted by Crippen LogP contribution is 2.34. The summed E-state index contributed by atoms with van der Waals surface area (Å²) in [5.41, 5.74) is 1.63. The molecule has 0 radical (unpaired) electrons. The zero-order valence-electron chi connectivity index (χ0n) is 10.6. The highest BCUT2D eigenvalue weighted by Gasteiger charge is 2.25. The normalized spacial score (nSPS) is 19.2. The fourth-order valence-corrected chi connectivity index (χ4v) is 2.69. The van der Waals surface area contributed by atoms with Gasteiger partial charge >= 0.3 is 0 Å². The minimum absolute atomic E-state index is 0.159. The van der Waals surface area contributed by atoms with E-state index in [0.29, 0.717) is 5.41 Å². The van der Waals surface area contributed by atoms with E-state index in [1.165, 1.54) is 44.2 Å². The molecule has 1 aliphatic rings. The predicted molar refractivity (Wildman–Crippen MR) is 69.3 cm³/mol. The molecule has 1 saturated carbocycles. The summed E-state index contributed by atoms with van der Waals surface area (Å²) in [7, 11) is 0. The second-order valence-corrected chi connectivity index (χ2v) is 5.60. The second kappa shape index (κ2) is 5.63. The molecule has 1 aliphatic carbocycles. The maximum absolute atomic E-state index is 12.7. The number of halogens is 1. The third-order valence-electron chi connectivity index (χ3n) is 3.85. The van der Waals surface area contributed by atoms with Crippen molar-refractivity contribution in [2.75, 3.05) is 6.54 Å². The van der Waals surface area contributed by atoms with Gasteiger partial charge in [0.2, 0.25) is 0 Å². The van der Waals surface area contributed by atoms with Crippen molar-refractivity contribution in [3.63, 3.8) is 0 Å². The Morgan fingerprint density at radius 1 is 1.12 bits per heavy atom. The Morgan fingerprint density at radius 2 is 1.76 bits per heavy atom. The Labute approximate surface area is 103 Å². The van der Waals surface area contributed by atoms with Crippen LogP contribution in [-0.2, 0) is 6.54 Å². The first-order valence-corrected chi connectivity index (χ1v) is 6.63. The van der Waals surface area contributed by atoms with Gasteiger partial charge in [0.15, 0.2) is 0 Å². The zero-order chi connectivity index (χ0) is 12.1. The van der Waals surface area contributed by atoms with Gasteiger partial charge in [-0.05, 0) is 36.0 Å². The topological polar surface area (TPSA) is 12.0 Å². The molecule has 0 amide bonds. The molecule has 0 atom stereocenters. The van der Waals surface area contributed by atoms with Crippen LogP contribution in [0.1, 0.15) is 44.6 Å². The molecule has 1 aromatic rings. The van der Waals surface area contributed by atoms with Crippen LogP contribution in [0.3, 0.4) is 0 Å². The molecule has 0 bridgehead atoms. The summed E-state index contributed by atoms with van der Waals surface area (Å²) in [5.74, 6) is -0.159. The molecule has 0 aliphatic heterocycles. The molecule has 2 heteroatoms. The summed E-state index contributed by atoms with van der Waals surface area (Å²) in [4.78, 5) is 0. The van der Waals surface area contributed by atoms with Crippen LogP contribution in [0.15, 0.2) is 24.3 Å². The Bertz CT molecular complexity index is 338. The van der Waals surface area contributed by atoms with E-state index < -0.39 is 0 Å². The first-order valence-electron chi connectivity index (χ1n) is 6.63. The van der Waals surface area contributed by atoms with Gasteiger partial charge in [-0.1, -0.05) is 38.3 Å². The summed E-state index contributed by atoms with van der Waals surface area (Å²) in [6.45, 7) is 4.30. The molecule has 17 heavy (non-hydrogen) atoms. The fourth-order valence-electron chi connectivity index (χ4n) is 2.69. The van der Waals surface area contributed by atoms with Gasteiger partial charge in [0.05, 0.1) is 0 Å². The molecule has 0 heterocycles. The van der Waals surface area contributed by atoms with E-state index in [9.17, 15) is 4.39 Å². The molecular formula is C15H22FN. The lowest BCUT2D eigenvalue weighted by molar-refractivity contribution is 0.207. The standard InChI is InChI=1S/C15H22FN/c1-15(9-3-2-4-10-15)12-17-11-13-5-7-14(16)8-6-13/h5-8,17H,2-4,9-12H2,1H3. The summed E-state index contributed by atoms with van der Waals surface area (Å²) in [5, 5.41) is 3.51. The zero-order valence-corrected chi connectivity index (χ0v) is 10.6. The summed E-state index contributed by atoms with van der Waals surface area (Å²) >= 11 is 0. The Kier molecular flexibility index (Phi) is 4.16. The van der Waals surface area contributed by atoms with Crippen LogP contribution in [0.5, 0.6) is 0 Å². The van der Waals surface area contributed by atoms with Crippen molar-refractivity contribution in [1.82, 2.24) is 5.32 Å². The Balaban J connectivity index is 1.77. The maximum Gasteiger partial charge on any atom is 0.123 e. The molecule has 1 N–H and O–H groups in total. The smallest absolute Gasteiger partial charge is 0.123 e. The first-order chi connectivity index (χ1) is 8.18. The van der Waals surface area contributed by atoms with E-state index in [4.69, 9.17) is 0 Å². The summed E-state index contributed by atoms with van der Waals surface area (Å²) in [6, 6.07) is 6.76. The number of hydrogen-bond donors (Lipinski definition) is 1. The van der Waals surface area contributed by atoms with Crippen molar-refractivity contribution < 1.29 is 4.39 Å². The third kappa shape index (κ3) is 3.81. The Hall–Kier alpha value is -0.890. The van der Waals surface area contributed by atoms with Gasteiger partial charge in [0.25, 0.3) is 0 Å². The molecule has 0 unspecified atom stereocenters. The molecule has 1 aromatic carbocycles. The minimum Gasteiger partial charge on any atom is -0.312 e. The molecule has 2 rings (SSSR count). The molecule has 0 saturated heterocycles. The van der Waals surface area contributed by atoms with Crippen molar-refractivity contribution in [3.8, 4) is 0 Å². The van der Waals surface area contributed by atoms with Gasteiger partial charge in [-0.2, -0.15) is 0 Å². The maximum atomic E-state index is 12.7. The monoisotopic (exact) mass is 235 g/mol. The van der Waals surface area contributed by atoms with Gasteiger partial charge in [0.1, 0.15) is 5.82 Å². The fraction of sp³-hybridized carbons (Fsp3) is 0.600. The van der Waals surface area contributed by atoms with E-state index in [0.717, 1.165) is 18.7 Å². The number of hydrogen-bond acceptors (Lipinski definition) is 1. The largest absolute Gasteiger partial charge is 0.312 e. The highest BCUT2D eigenvalue weighted by molar-refractivity contribution is 5.15. The number of benzene rings is 1. The average molecular weight is 235 g/mol. The SMILES string of the molecule is CC1(CNCc2ccc(F)cc2)CCCCC1. The number of nitrogens with one attached hydrogen (secondary N) is 1. The van der Waals surface area contributed by atoms with E-state index in [-0.39, 0.29) is 5.82 Å². The quantitative estimate of drug-likeness (QED) is 0.835. The lowest BCUT2D eigenvalue weighted by Gasteiger charge is -2.33. The minimum atomic E-state index is -0.159. The summed E-state index contributed by atoms with van der Waals surface area (Å²) in [6.07, 6.45) is 6.81. The van der Waals surface area contributed by atoms with Crippen LogP contribution in [0.25, 0.3) is 0 Å². The molecule has 94 valence electrons. The van der Waals surface area contributed by atoms with E-state index in [1.807, 2.05) is 12.1 Å². The van der Waals surface area contributed by atoms with Crippen LogP contribution in [0, 0.1) is 11.2 Å². The van der Waals surface area contributed by atoms with Crippen LogP contribution < -0.4 is 5.32 Å². The van der Waals surface area contributed by atoms with Crippen LogP contribution >= 0.6 is 0 Å². The van der Waals surface area contributed by atoms with Gasteiger partial charge in [0, 0.05) is 13.1 Å².